The van der Waals surface area contributed by atoms with Gasteiger partial charge in [-0.05, 0) is 25.0 Å². The van der Waals surface area contributed by atoms with E-state index in [4.69, 9.17) is 0 Å². The summed E-state index contributed by atoms with van der Waals surface area (Å²) in [5.41, 5.74) is 1.17. The highest BCUT2D eigenvalue weighted by Crippen LogP contribution is 2.05. The second kappa shape index (κ2) is 6.79. The molecular weight excluding hydrogens is 224 g/mol. The molecule has 1 heterocycles. The van der Waals surface area contributed by atoms with E-state index in [9.17, 15) is 0 Å². The molecule has 0 aliphatic rings. The van der Waals surface area contributed by atoms with Crippen LogP contribution in [0.2, 0.25) is 0 Å². The molecule has 0 saturated carbocycles. The van der Waals surface area contributed by atoms with Crippen LogP contribution < -0.4 is 5.32 Å². The summed E-state index contributed by atoms with van der Waals surface area (Å²) in [6.07, 6.45) is 4.04. The molecule has 18 heavy (non-hydrogen) atoms. The smallest absolute Gasteiger partial charge is 0.150 e. The van der Waals surface area contributed by atoms with Crippen LogP contribution in [-0.2, 0) is 12.8 Å². The fourth-order valence-electron chi connectivity index (χ4n) is 1.83. The molecule has 2 rings (SSSR count). The van der Waals surface area contributed by atoms with E-state index in [2.05, 4.69) is 39.6 Å². The summed E-state index contributed by atoms with van der Waals surface area (Å²) in [5.74, 6) is 1.93. The molecule has 0 aliphatic carbocycles. The van der Waals surface area contributed by atoms with Crippen molar-refractivity contribution in [2.75, 3.05) is 11.9 Å². The largest absolute Gasteiger partial charge is 0.385 e. The molecule has 0 saturated heterocycles. The minimum absolute atomic E-state index is 0.917. The quantitative estimate of drug-likeness (QED) is 0.736. The maximum atomic E-state index is 4.45. The highest BCUT2D eigenvalue weighted by Gasteiger charge is 2.01. The summed E-state index contributed by atoms with van der Waals surface area (Å²) in [4.78, 5) is 4.45. The Kier molecular flexibility index (Phi) is 4.76. The molecule has 1 aromatic carbocycles. The molecule has 0 atom stereocenters. The van der Waals surface area contributed by atoms with E-state index in [1.54, 1.807) is 0 Å². The fourth-order valence-corrected chi connectivity index (χ4v) is 1.83. The number of aromatic nitrogens is 3. The van der Waals surface area contributed by atoms with E-state index < -0.39 is 0 Å². The average molecular weight is 244 g/mol. The van der Waals surface area contributed by atoms with Crippen molar-refractivity contribution in [2.24, 2.45) is 0 Å². The van der Waals surface area contributed by atoms with Crippen LogP contribution in [-0.4, -0.2) is 21.7 Å². The third-order valence-electron chi connectivity index (χ3n) is 2.74. The van der Waals surface area contributed by atoms with Crippen LogP contribution in [0.3, 0.4) is 0 Å². The topological polar surface area (TPSA) is 53.6 Å². The zero-order valence-corrected chi connectivity index (χ0v) is 10.8. The van der Waals surface area contributed by atoms with Crippen LogP contribution in [0.5, 0.6) is 0 Å². The lowest BCUT2D eigenvalue weighted by molar-refractivity contribution is 0.804. The molecule has 2 N–H and O–H groups in total. The number of H-pyrrole nitrogens is 1. The van der Waals surface area contributed by atoms with Crippen molar-refractivity contribution in [3.63, 3.8) is 0 Å². The Morgan fingerprint density at radius 1 is 1.17 bits per heavy atom. The molecule has 96 valence electrons. The van der Waals surface area contributed by atoms with Gasteiger partial charge in [-0.3, -0.25) is 5.10 Å². The molecular formula is C14H20N4. The summed E-state index contributed by atoms with van der Waals surface area (Å²) < 4.78 is 0. The number of benzene rings is 1. The highest BCUT2D eigenvalue weighted by molar-refractivity contribution is 5.42. The number of aryl methyl sites for hydroxylation is 2. The highest BCUT2D eigenvalue weighted by atomic mass is 15.2. The second-order valence-electron chi connectivity index (χ2n) is 4.34. The zero-order chi connectivity index (χ0) is 12.6. The van der Waals surface area contributed by atoms with Gasteiger partial charge in [-0.15, -0.1) is 0 Å². The number of rotatable bonds is 7. The van der Waals surface area contributed by atoms with Crippen LogP contribution in [0, 0.1) is 0 Å². The van der Waals surface area contributed by atoms with Gasteiger partial charge in [-0.1, -0.05) is 25.1 Å². The normalized spacial score (nSPS) is 10.5. The number of aromatic amines is 1. The Morgan fingerprint density at radius 3 is 2.78 bits per heavy atom. The monoisotopic (exact) mass is 244 g/mol. The van der Waals surface area contributed by atoms with Gasteiger partial charge in [-0.25, -0.2) is 4.98 Å². The van der Waals surface area contributed by atoms with Crippen molar-refractivity contribution >= 4 is 5.69 Å². The number of nitrogens with zero attached hydrogens (tertiary/aromatic N) is 2. The van der Waals surface area contributed by atoms with Crippen LogP contribution in [0.15, 0.2) is 30.3 Å². The fraction of sp³-hybridized carbons (Fsp3) is 0.429. The van der Waals surface area contributed by atoms with Gasteiger partial charge < -0.3 is 5.32 Å². The van der Waals surface area contributed by atoms with Gasteiger partial charge in [0.1, 0.15) is 5.82 Å². The molecule has 0 unspecified atom stereocenters. The second-order valence-corrected chi connectivity index (χ2v) is 4.34. The number of hydrogen-bond donors (Lipinski definition) is 2. The van der Waals surface area contributed by atoms with E-state index in [1.807, 2.05) is 18.2 Å². The van der Waals surface area contributed by atoms with Crippen LogP contribution in [0.1, 0.15) is 31.4 Å². The molecule has 0 aliphatic heterocycles. The lowest BCUT2D eigenvalue weighted by Crippen LogP contribution is -2.03. The molecule has 0 bridgehead atoms. The third kappa shape index (κ3) is 3.87. The van der Waals surface area contributed by atoms with Gasteiger partial charge in [0, 0.05) is 25.1 Å². The number of para-hydroxylation sites is 1. The Labute approximate surface area is 108 Å². The van der Waals surface area contributed by atoms with E-state index in [0.717, 1.165) is 43.9 Å². The predicted molar refractivity (Wildman–Crippen MR) is 73.6 cm³/mol. The van der Waals surface area contributed by atoms with Crippen molar-refractivity contribution in [3.8, 4) is 0 Å². The zero-order valence-electron chi connectivity index (χ0n) is 10.8. The van der Waals surface area contributed by atoms with Gasteiger partial charge >= 0.3 is 0 Å². The van der Waals surface area contributed by atoms with Crippen LogP contribution >= 0.6 is 0 Å². The maximum Gasteiger partial charge on any atom is 0.150 e. The Hall–Kier alpha value is -1.84. The molecule has 1 aromatic heterocycles. The van der Waals surface area contributed by atoms with E-state index in [0.29, 0.717) is 0 Å². The molecule has 0 amide bonds. The SMILES string of the molecule is CCCc1nc(CCCNc2ccccc2)n[nH]1. The Bertz CT molecular complexity index is 450. The van der Waals surface area contributed by atoms with E-state index in [-0.39, 0.29) is 0 Å². The number of nitrogens with one attached hydrogen (secondary N) is 2. The van der Waals surface area contributed by atoms with Gasteiger partial charge in [0.25, 0.3) is 0 Å². The summed E-state index contributed by atoms with van der Waals surface area (Å²) in [6.45, 7) is 3.09. The summed E-state index contributed by atoms with van der Waals surface area (Å²) >= 11 is 0. The van der Waals surface area contributed by atoms with Gasteiger partial charge in [0.15, 0.2) is 5.82 Å². The molecule has 4 nitrogen and oxygen atoms in total. The molecule has 0 fully saturated rings. The molecule has 2 aromatic rings. The van der Waals surface area contributed by atoms with Crippen molar-refractivity contribution in [1.29, 1.82) is 0 Å². The first-order valence-electron chi connectivity index (χ1n) is 6.57. The van der Waals surface area contributed by atoms with E-state index in [1.165, 1.54) is 5.69 Å². The van der Waals surface area contributed by atoms with Crippen LogP contribution in [0.25, 0.3) is 0 Å². The van der Waals surface area contributed by atoms with Gasteiger partial charge in [-0.2, -0.15) is 5.10 Å². The third-order valence-corrected chi connectivity index (χ3v) is 2.74. The molecule has 0 radical (unpaired) electrons. The number of hydrogen-bond acceptors (Lipinski definition) is 3. The van der Waals surface area contributed by atoms with Gasteiger partial charge in [0.05, 0.1) is 0 Å². The average Bonchev–Trinajstić information content (AvgIpc) is 2.84. The maximum absolute atomic E-state index is 4.45. The molecule has 4 heteroatoms. The Morgan fingerprint density at radius 2 is 2.00 bits per heavy atom. The van der Waals surface area contributed by atoms with Crippen LogP contribution in [0.4, 0.5) is 5.69 Å². The first-order valence-corrected chi connectivity index (χ1v) is 6.57. The standard InChI is InChI=1S/C14H20N4/c1-2-7-13-16-14(18-17-13)10-6-11-15-12-8-4-3-5-9-12/h3-5,8-9,15H,2,6-7,10-11H2,1H3,(H,16,17,18). The summed E-state index contributed by atoms with van der Waals surface area (Å²) in [5, 5.41) is 10.6. The first kappa shape index (κ1) is 12.6. The Balaban J connectivity index is 1.68. The first-order chi connectivity index (χ1) is 8.88. The van der Waals surface area contributed by atoms with Crippen molar-refractivity contribution in [1.82, 2.24) is 15.2 Å². The summed E-state index contributed by atoms with van der Waals surface area (Å²) in [7, 11) is 0. The van der Waals surface area contributed by atoms with Crippen molar-refractivity contribution in [3.05, 3.63) is 42.0 Å². The molecule has 0 spiro atoms. The minimum Gasteiger partial charge on any atom is -0.385 e. The summed E-state index contributed by atoms with van der Waals surface area (Å²) in [6, 6.07) is 10.2. The number of anilines is 1. The lowest BCUT2D eigenvalue weighted by Gasteiger charge is -2.04. The van der Waals surface area contributed by atoms with Crippen molar-refractivity contribution in [2.45, 2.75) is 32.6 Å². The van der Waals surface area contributed by atoms with E-state index >= 15 is 0 Å². The van der Waals surface area contributed by atoms with Gasteiger partial charge in [0.2, 0.25) is 0 Å². The van der Waals surface area contributed by atoms with Crippen molar-refractivity contribution < 1.29 is 0 Å². The minimum atomic E-state index is 0.917. The lowest BCUT2D eigenvalue weighted by atomic mass is 10.2. The predicted octanol–water partition coefficient (Wildman–Crippen LogP) is 2.80.